The minimum absolute atomic E-state index is 0.0660. The fourth-order valence-electron chi connectivity index (χ4n) is 2.08. The third-order valence-corrected chi connectivity index (χ3v) is 3.91. The number of primary sulfonamides is 1. The fourth-order valence-corrected chi connectivity index (χ4v) is 2.86. The SMILES string of the molecule is CC1COCCN1c1ccc(N)cc1S(N)(=O)=O. The van der Waals surface area contributed by atoms with Crippen LogP contribution in [0.15, 0.2) is 23.1 Å². The van der Waals surface area contributed by atoms with Crippen LogP contribution in [0.2, 0.25) is 0 Å². The second kappa shape index (κ2) is 4.75. The van der Waals surface area contributed by atoms with Crippen LogP contribution in [0.5, 0.6) is 0 Å². The van der Waals surface area contributed by atoms with Gasteiger partial charge in [-0.25, -0.2) is 13.6 Å². The number of anilines is 2. The van der Waals surface area contributed by atoms with Crippen LogP contribution in [-0.2, 0) is 14.8 Å². The lowest BCUT2D eigenvalue weighted by molar-refractivity contribution is 0.0987. The minimum atomic E-state index is -3.79. The van der Waals surface area contributed by atoms with Gasteiger partial charge in [0.15, 0.2) is 0 Å². The third-order valence-electron chi connectivity index (χ3n) is 2.97. The molecule has 100 valence electrons. The summed E-state index contributed by atoms with van der Waals surface area (Å²) in [6, 6.07) is 4.86. The summed E-state index contributed by atoms with van der Waals surface area (Å²) in [5.74, 6) is 0. The molecule has 1 unspecified atom stereocenters. The van der Waals surface area contributed by atoms with E-state index in [4.69, 9.17) is 15.6 Å². The van der Waals surface area contributed by atoms with Gasteiger partial charge in [0.25, 0.3) is 0 Å². The van der Waals surface area contributed by atoms with E-state index in [0.717, 1.165) is 0 Å². The lowest BCUT2D eigenvalue weighted by Gasteiger charge is -2.36. The molecule has 1 aromatic carbocycles. The summed E-state index contributed by atoms with van der Waals surface area (Å²) >= 11 is 0. The van der Waals surface area contributed by atoms with Gasteiger partial charge in [-0.1, -0.05) is 0 Å². The number of nitrogens with two attached hydrogens (primary N) is 2. The second-order valence-corrected chi connectivity index (χ2v) is 5.92. The first-order valence-corrected chi connectivity index (χ1v) is 7.21. The molecule has 1 atom stereocenters. The van der Waals surface area contributed by atoms with Crippen LogP contribution in [-0.4, -0.2) is 34.2 Å². The van der Waals surface area contributed by atoms with Gasteiger partial charge in [0.05, 0.1) is 18.9 Å². The Hall–Kier alpha value is -1.31. The number of rotatable bonds is 2. The van der Waals surface area contributed by atoms with Crippen LogP contribution in [0, 0.1) is 0 Å². The van der Waals surface area contributed by atoms with Crippen LogP contribution in [0.3, 0.4) is 0 Å². The molecule has 0 saturated carbocycles. The standard InChI is InChI=1S/C11H17N3O3S/c1-8-7-17-5-4-14(8)10-3-2-9(12)6-11(10)18(13,15)16/h2-3,6,8H,4-5,7,12H2,1H3,(H2,13,15,16). The number of nitrogen functional groups attached to an aromatic ring is 1. The monoisotopic (exact) mass is 271 g/mol. The van der Waals surface area contributed by atoms with Gasteiger partial charge in [-0.15, -0.1) is 0 Å². The Balaban J connectivity index is 2.50. The molecule has 2 rings (SSSR count). The highest BCUT2D eigenvalue weighted by molar-refractivity contribution is 7.89. The molecule has 0 amide bonds. The fraction of sp³-hybridized carbons (Fsp3) is 0.455. The summed E-state index contributed by atoms with van der Waals surface area (Å²) in [5, 5.41) is 5.24. The summed E-state index contributed by atoms with van der Waals surface area (Å²) in [7, 11) is -3.79. The normalized spacial score (nSPS) is 21.0. The maximum atomic E-state index is 11.6. The Morgan fingerprint density at radius 1 is 1.44 bits per heavy atom. The Morgan fingerprint density at radius 3 is 2.78 bits per heavy atom. The highest BCUT2D eigenvalue weighted by Crippen LogP contribution is 2.29. The zero-order valence-corrected chi connectivity index (χ0v) is 11.0. The van der Waals surface area contributed by atoms with Gasteiger partial charge >= 0.3 is 0 Å². The van der Waals surface area contributed by atoms with Crippen LogP contribution in [0.4, 0.5) is 11.4 Å². The van der Waals surface area contributed by atoms with Crippen LogP contribution in [0.25, 0.3) is 0 Å². The molecule has 1 aliphatic rings. The maximum absolute atomic E-state index is 11.6. The van der Waals surface area contributed by atoms with Crippen molar-refractivity contribution in [2.24, 2.45) is 5.14 Å². The van der Waals surface area contributed by atoms with Crippen molar-refractivity contribution >= 4 is 21.4 Å². The molecule has 1 heterocycles. The topological polar surface area (TPSA) is 98.7 Å². The highest BCUT2D eigenvalue weighted by atomic mass is 32.2. The van der Waals surface area contributed by atoms with Crippen molar-refractivity contribution in [2.75, 3.05) is 30.4 Å². The summed E-state index contributed by atoms with van der Waals surface area (Å²) in [6.07, 6.45) is 0. The van der Waals surface area contributed by atoms with Gasteiger partial charge in [0, 0.05) is 18.3 Å². The first kappa shape index (κ1) is 13.1. The van der Waals surface area contributed by atoms with E-state index in [1.165, 1.54) is 6.07 Å². The second-order valence-electron chi connectivity index (χ2n) is 4.39. The van der Waals surface area contributed by atoms with Crippen molar-refractivity contribution in [2.45, 2.75) is 17.9 Å². The predicted octanol–water partition coefficient (Wildman–Crippen LogP) is 0.141. The Kier molecular flexibility index (Phi) is 3.47. The number of sulfonamides is 1. The number of nitrogens with zero attached hydrogens (tertiary/aromatic N) is 1. The number of hydrogen-bond donors (Lipinski definition) is 2. The third kappa shape index (κ3) is 2.58. The van der Waals surface area contributed by atoms with E-state index in [2.05, 4.69) is 0 Å². The molecular formula is C11H17N3O3S. The van der Waals surface area contributed by atoms with Crippen molar-refractivity contribution in [3.8, 4) is 0 Å². The van der Waals surface area contributed by atoms with E-state index < -0.39 is 10.0 Å². The number of morpholine rings is 1. The zero-order chi connectivity index (χ0) is 13.3. The molecule has 1 aromatic rings. The Labute approximate surface area is 107 Å². The van der Waals surface area contributed by atoms with E-state index in [0.29, 0.717) is 31.1 Å². The molecule has 0 radical (unpaired) electrons. The molecule has 1 fully saturated rings. The molecular weight excluding hydrogens is 254 g/mol. The Bertz CT molecular complexity index is 544. The molecule has 0 aromatic heterocycles. The molecule has 6 nitrogen and oxygen atoms in total. The van der Waals surface area contributed by atoms with Gasteiger partial charge in [0.1, 0.15) is 4.90 Å². The number of hydrogen-bond acceptors (Lipinski definition) is 5. The molecule has 18 heavy (non-hydrogen) atoms. The molecule has 4 N–H and O–H groups in total. The van der Waals surface area contributed by atoms with Gasteiger partial charge in [0.2, 0.25) is 10.0 Å². The van der Waals surface area contributed by atoms with Crippen molar-refractivity contribution in [1.29, 1.82) is 0 Å². The van der Waals surface area contributed by atoms with E-state index in [1.807, 2.05) is 11.8 Å². The van der Waals surface area contributed by atoms with E-state index in [1.54, 1.807) is 12.1 Å². The zero-order valence-electron chi connectivity index (χ0n) is 10.2. The van der Waals surface area contributed by atoms with E-state index in [9.17, 15) is 8.42 Å². The van der Waals surface area contributed by atoms with Crippen molar-refractivity contribution in [3.63, 3.8) is 0 Å². The van der Waals surface area contributed by atoms with Gasteiger partial charge < -0.3 is 15.4 Å². The van der Waals surface area contributed by atoms with Crippen LogP contribution >= 0.6 is 0 Å². The molecule has 0 bridgehead atoms. The van der Waals surface area contributed by atoms with Gasteiger partial charge in [-0.05, 0) is 25.1 Å². The average molecular weight is 271 g/mol. The predicted molar refractivity (Wildman–Crippen MR) is 69.9 cm³/mol. The van der Waals surface area contributed by atoms with Gasteiger partial charge in [-0.3, -0.25) is 0 Å². The summed E-state index contributed by atoms with van der Waals surface area (Å²) < 4.78 is 28.6. The smallest absolute Gasteiger partial charge is 0.240 e. The summed E-state index contributed by atoms with van der Waals surface area (Å²) in [4.78, 5) is 2.04. The lowest BCUT2D eigenvalue weighted by atomic mass is 10.2. The summed E-state index contributed by atoms with van der Waals surface area (Å²) in [5.41, 5.74) is 6.59. The van der Waals surface area contributed by atoms with Crippen LogP contribution in [0.1, 0.15) is 6.92 Å². The summed E-state index contributed by atoms with van der Waals surface area (Å²) in [6.45, 7) is 3.74. The molecule has 0 spiro atoms. The average Bonchev–Trinajstić information content (AvgIpc) is 2.29. The van der Waals surface area contributed by atoms with Gasteiger partial charge in [-0.2, -0.15) is 0 Å². The van der Waals surface area contributed by atoms with Crippen molar-refractivity contribution in [3.05, 3.63) is 18.2 Å². The Morgan fingerprint density at radius 2 is 2.17 bits per heavy atom. The quantitative estimate of drug-likeness (QED) is 0.746. The molecule has 7 heteroatoms. The molecule has 0 aliphatic carbocycles. The highest BCUT2D eigenvalue weighted by Gasteiger charge is 2.25. The largest absolute Gasteiger partial charge is 0.399 e. The van der Waals surface area contributed by atoms with Crippen LogP contribution < -0.4 is 15.8 Å². The molecule has 1 saturated heterocycles. The first-order valence-electron chi connectivity index (χ1n) is 5.66. The first-order chi connectivity index (χ1) is 8.39. The minimum Gasteiger partial charge on any atom is -0.399 e. The lowest BCUT2D eigenvalue weighted by Crippen LogP contribution is -2.44. The number of ether oxygens (including phenoxy) is 1. The molecule has 1 aliphatic heterocycles. The van der Waals surface area contributed by atoms with E-state index in [-0.39, 0.29) is 10.9 Å². The number of benzene rings is 1. The van der Waals surface area contributed by atoms with Crippen molar-refractivity contribution in [1.82, 2.24) is 0 Å². The van der Waals surface area contributed by atoms with E-state index >= 15 is 0 Å². The van der Waals surface area contributed by atoms with Crippen molar-refractivity contribution < 1.29 is 13.2 Å². The maximum Gasteiger partial charge on any atom is 0.240 e.